The highest BCUT2D eigenvalue weighted by molar-refractivity contribution is 6.30. The van der Waals surface area contributed by atoms with Gasteiger partial charge in [-0.15, -0.1) is 0 Å². The van der Waals surface area contributed by atoms with Crippen molar-refractivity contribution in [2.45, 2.75) is 0 Å². The molecule has 0 atom stereocenters. The van der Waals surface area contributed by atoms with Crippen LogP contribution in [0.15, 0.2) is 52.2 Å². The van der Waals surface area contributed by atoms with Crippen molar-refractivity contribution in [3.63, 3.8) is 0 Å². The second-order valence-corrected chi connectivity index (χ2v) is 6.20. The van der Waals surface area contributed by atoms with Gasteiger partial charge in [0.05, 0.1) is 13.3 Å². The Morgan fingerprint density at radius 3 is 2.52 bits per heavy atom. The molecule has 0 amide bonds. The summed E-state index contributed by atoms with van der Waals surface area (Å²) in [5.41, 5.74) is 4.75. The molecule has 4 aromatic rings. The third-order valence-electron chi connectivity index (χ3n) is 3.81. The third kappa shape index (κ3) is 4.17. The third-order valence-corrected chi connectivity index (χ3v) is 4.06. The van der Waals surface area contributed by atoms with E-state index in [2.05, 4.69) is 40.8 Å². The largest absolute Gasteiger partial charge is 0.504 e. The van der Waals surface area contributed by atoms with Crippen LogP contribution in [0.1, 0.15) is 5.56 Å². The fourth-order valence-electron chi connectivity index (χ4n) is 2.42. The summed E-state index contributed by atoms with van der Waals surface area (Å²) in [4.78, 5) is 8.67. The summed E-state index contributed by atoms with van der Waals surface area (Å²) >= 11 is 5.93. The molecule has 0 aliphatic rings. The number of anilines is 3. The molecule has 3 N–H and O–H groups in total. The van der Waals surface area contributed by atoms with Gasteiger partial charge in [-0.3, -0.25) is 5.43 Å². The molecule has 0 bridgehead atoms. The minimum Gasteiger partial charge on any atom is -0.504 e. The average Bonchev–Trinajstić information content (AvgIpc) is 3.18. The van der Waals surface area contributed by atoms with Crippen LogP contribution < -0.4 is 15.5 Å². The van der Waals surface area contributed by atoms with Crippen LogP contribution in [-0.4, -0.2) is 38.7 Å². The zero-order chi connectivity index (χ0) is 20.2. The number of rotatable bonds is 6. The molecule has 2 aromatic carbocycles. The van der Waals surface area contributed by atoms with E-state index >= 15 is 0 Å². The normalized spacial score (nSPS) is 11.1. The van der Waals surface area contributed by atoms with Crippen molar-refractivity contribution in [3.05, 3.63) is 53.1 Å². The summed E-state index contributed by atoms with van der Waals surface area (Å²) in [7, 11) is 1.47. The lowest BCUT2D eigenvalue weighted by molar-refractivity contribution is 0.314. The molecule has 146 valence electrons. The number of nitrogens with one attached hydrogen (secondary N) is 2. The first kappa shape index (κ1) is 18.4. The van der Waals surface area contributed by atoms with Crippen LogP contribution in [0.5, 0.6) is 11.5 Å². The quantitative estimate of drug-likeness (QED) is 0.322. The van der Waals surface area contributed by atoms with Gasteiger partial charge < -0.3 is 15.2 Å². The molecule has 2 aromatic heterocycles. The van der Waals surface area contributed by atoms with E-state index in [9.17, 15) is 5.11 Å². The summed E-state index contributed by atoms with van der Waals surface area (Å²) < 4.78 is 9.76. The Kier molecular flexibility index (Phi) is 5.08. The number of ether oxygens (including phenoxy) is 1. The second kappa shape index (κ2) is 7.98. The first-order chi connectivity index (χ1) is 14.1. The van der Waals surface area contributed by atoms with Crippen molar-refractivity contribution < 1.29 is 14.5 Å². The van der Waals surface area contributed by atoms with Gasteiger partial charge in [0.2, 0.25) is 11.3 Å². The number of methoxy groups -OCH3 is 1. The maximum Gasteiger partial charge on any atom is 0.245 e. The van der Waals surface area contributed by atoms with Gasteiger partial charge in [-0.1, -0.05) is 11.6 Å². The first-order valence-corrected chi connectivity index (χ1v) is 8.69. The molecule has 0 unspecified atom stereocenters. The molecule has 0 fully saturated rings. The number of hydrazone groups is 1. The Morgan fingerprint density at radius 1 is 1.07 bits per heavy atom. The topological polar surface area (TPSA) is 131 Å². The number of aromatic hydroxyl groups is 1. The Bertz CT molecular complexity index is 1180. The maximum atomic E-state index is 9.67. The van der Waals surface area contributed by atoms with E-state index in [-0.39, 0.29) is 17.0 Å². The van der Waals surface area contributed by atoms with Crippen molar-refractivity contribution in [1.29, 1.82) is 0 Å². The predicted octanol–water partition coefficient (Wildman–Crippen LogP) is 3.57. The Balaban J connectivity index is 1.60. The molecule has 10 nitrogen and oxygen atoms in total. The summed E-state index contributed by atoms with van der Waals surface area (Å²) in [5, 5.41) is 25.0. The molecule has 2 heterocycles. The fourth-order valence-corrected chi connectivity index (χ4v) is 2.54. The minimum atomic E-state index is 0.0434. The lowest BCUT2D eigenvalue weighted by atomic mass is 10.2. The molecule has 0 saturated heterocycles. The van der Waals surface area contributed by atoms with Crippen LogP contribution in [-0.2, 0) is 0 Å². The number of hydrogen-bond acceptors (Lipinski definition) is 10. The fraction of sp³-hybridized carbons (Fsp3) is 0.0556. The average molecular weight is 412 g/mol. The van der Waals surface area contributed by atoms with E-state index in [1.54, 1.807) is 42.6 Å². The maximum absolute atomic E-state index is 9.67. The monoisotopic (exact) mass is 411 g/mol. The van der Waals surface area contributed by atoms with Gasteiger partial charge in [0.1, 0.15) is 0 Å². The van der Waals surface area contributed by atoms with Crippen molar-refractivity contribution in [2.75, 3.05) is 17.9 Å². The van der Waals surface area contributed by atoms with Crippen molar-refractivity contribution >= 4 is 46.4 Å². The SMILES string of the molecule is COc1cc(C=NNc2nc3nonc3nc2Nc2ccc(Cl)cc2)ccc1O. The van der Waals surface area contributed by atoms with E-state index in [1.807, 2.05) is 0 Å². The van der Waals surface area contributed by atoms with Crippen molar-refractivity contribution in [2.24, 2.45) is 5.10 Å². The smallest absolute Gasteiger partial charge is 0.245 e. The number of benzene rings is 2. The van der Waals surface area contributed by atoms with E-state index in [4.69, 9.17) is 16.3 Å². The highest BCUT2D eigenvalue weighted by atomic mass is 35.5. The van der Waals surface area contributed by atoms with Gasteiger partial charge in [0.15, 0.2) is 23.1 Å². The van der Waals surface area contributed by atoms with Crippen molar-refractivity contribution in [1.82, 2.24) is 20.3 Å². The summed E-state index contributed by atoms with van der Waals surface area (Å²) in [6.07, 6.45) is 1.54. The van der Waals surface area contributed by atoms with Crippen LogP contribution >= 0.6 is 11.6 Å². The van der Waals surface area contributed by atoms with Crippen molar-refractivity contribution in [3.8, 4) is 11.5 Å². The number of hydrogen-bond donors (Lipinski definition) is 3. The standard InChI is InChI=1S/C18H14ClN7O3/c1-28-14-8-10(2-7-13(14)27)9-20-24-16-15(21-12-5-3-11(19)4-6-12)22-17-18(23-16)26-29-25-17/h2-9,27H,1H3,(H,21,22,25)(H,23,24,26). The minimum absolute atomic E-state index is 0.0434. The predicted molar refractivity (Wildman–Crippen MR) is 108 cm³/mol. The molecular weight excluding hydrogens is 398 g/mol. The Labute approximate surface area is 169 Å². The van der Waals surface area contributed by atoms with E-state index in [1.165, 1.54) is 13.2 Å². The molecule has 11 heteroatoms. The Hall–Kier alpha value is -3.92. The first-order valence-electron chi connectivity index (χ1n) is 8.31. The molecule has 0 aliphatic heterocycles. The van der Waals surface area contributed by atoms with Gasteiger partial charge in [0, 0.05) is 10.7 Å². The van der Waals surface area contributed by atoms with Crippen LogP contribution in [0.25, 0.3) is 11.3 Å². The van der Waals surface area contributed by atoms with Crippen LogP contribution in [0, 0.1) is 0 Å². The molecule has 0 aliphatic carbocycles. The van der Waals surface area contributed by atoms with Gasteiger partial charge in [-0.05, 0) is 58.3 Å². The number of fused-ring (bicyclic) bond motifs is 1. The zero-order valence-corrected chi connectivity index (χ0v) is 15.8. The molecular formula is C18H14ClN7O3. The summed E-state index contributed by atoms with van der Waals surface area (Å²) in [5.74, 6) is 1.07. The molecule has 0 saturated carbocycles. The second-order valence-electron chi connectivity index (χ2n) is 5.77. The molecule has 0 spiro atoms. The van der Waals surface area contributed by atoms with Gasteiger partial charge in [0.25, 0.3) is 0 Å². The number of phenolic OH excluding ortho intramolecular Hbond substituents is 1. The van der Waals surface area contributed by atoms with E-state index in [0.717, 1.165) is 5.69 Å². The molecule has 29 heavy (non-hydrogen) atoms. The highest BCUT2D eigenvalue weighted by Gasteiger charge is 2.13. The van der Waals surface area contributed by atoms with Crippen LogP contribution in [0.2, 0.25) is 5.02 Å². The molecule has 0 radical (unpaired) electrons. The number of aromatic nitrogens is 4. The van der Waals surface area contributed by atoms with Gasteiger partial charge in [-0.25, -0.2) is 9.61 Å². The molecule has 4 rings (SSSR count). The number of nitrogens with zero attached hydrogens (tertiary/aromatic N) is 5. The highest BCUT2D eigenvalue weighted by Crippen LogP contribution is 2.26. The lowest BCUT2D eigenvalue weighted by Crippen LogP contribution is -2.03. The Morgan fingerprint density at radius 2 is 1.79 bits per heavy atom. The summed E-state index contributed by atoms with van der Waals surface area (Å²) in [6, 6.07) is 11.9. The van der Waals surface area contributed by atoms with Crippen LogP contribution in [0.3, 0.4) is 0 Å². The van der Waals surface area contributed by atoms with Gasteiger partial charge >= 0.3 is 0 Å². The van der Waals surface area contributed by atoms with Gasteiger partial charge in [-0.2, -0.15) is 10.1 Å². The zero-order valence-electron chi connectivity index (χ0n) is 15.0. The van der Waals surface area contributed by atoms with E-state index in [0.29, 0.717) is 28.0 Å². The van der Waals surface area contributed by atoms with E-state index < -0.39 is 0 Å². The number of phenols is 1. The summed E-state index contributed by atoms with van der Waals surface area (Å²) in [6.45, 7) is 0. The number of halogens is 1. The lowest BCUT2D eigenvalue weighted by Gasteiger charge is -2.09. The van der Waals surface area contributed by atoms with Crippen LogP contribution in [0.4, 0.5) is 17.3 Å².